The highest BCUT2D eigenvalue weighted by molar-refractivity contribution is 5.65. The SMILES string of the molecule is C/C=C/CCCCCCOC(C)=O. The molecule has 0 atom stereocenters. The van der Waals surface area contributed by atoms with Crippen molar-refractivity contribution in [1.29, 1.82) is 0 Å². The maximum absolute atomic E-state index is 10.4. The zero-order valence-electron chi connectivity index (χ0n) is 8.71. The van der Waals surface area contributed by atoms with Gasteiger partial charge in [-0.2, -0.15) is 0 Å². The van der Waals surface area contributed by atoms with Crippen LogP contribution in [0.5, 0.6) is 0 Å². The number of carbonyl (C=O) groups is 1. The van der Waals surface area contributed by atoms with Crippen LogP contribution in [-0.4, -0.2) is 12.6 Å². The molecule has 0 aliphatic rings. The molecule has 0 aromatic rings. The van der Waals surface area contributed by atoms with Crippen molar-refractivity contribution in [2.45, 2.75) is 46.0 Å². The van der Waals surface area contributed by atoms with Crippen molar-refractivity contribution >= 4 is 5.97 Å². The molecular formula is C11H20O2. The van der Waals surface area contributed by atoms with Gasteiger partial charge in [0.15, 0.2) is 0 Å². The highest BCUT2D eigenvalue weighted by atomic mass is 16.5. The number of ether oxygens (including phenoxy) is 1. The van der Waals surface area contributed by atoms with Crippen LogP contribution in [0.3, 0.4) is 0 Å². The van der Waals surface area contributed by atoms with Gasteiger partial charge in [-0.25, -0.2) is 0 Å². The number of rotatable bonds is 7. The first-order valence-electron chi connectivity index (χ1n) is 5.02. The second-order valence-corrected chi connectivity index (χ2v) is 3.11. The van der Waals surface area contributed by atoms with Crippen molar-refractivity contribution in [2.75, 3.05) is 6.61 Å². The smallest absolute Gasteiger partial charge is 0.302 e. The number of hydrogen-bond donors (Lipinski definition) is 0. The van der Waals surface area contributed by atoms with E-state index >= 15 is 0 Å². The van der Waals surface area contributed by atoms with Gasteiger partial charge in [0.1, 0.15) is 0 Å². The number of hydrogen-bond acceptors (Lipinski definition) is 2. The van der Waals surface area contributed by atoms with Crippen LogP contribution in [0.25, 0.3) is 0 Å². The Kier molecular flexibility index (Phi) is 8.73. The maximum atomic E-state index is 10.4. The summed E-state index contributed by atoms with van der Waals surface area (Å²) in [6.45, 7) is 4.08. The fourth-order valence-electron chi connectivity index (χ4n) is 1.10. The quantitative estimate of drug-likeness (QED) is 0.345. The van der Waals surface area contributed by atoms with Gasteiger partial charge < -0.3 is 4.74 Å². The molecule has 2 heteroatoms. The minimum atomic E-state index is -0.172. The minimum absolute atomic E-state index is 0.172. The number of esters is 1. The molecule has 0 N–H and O–H groups in total. The van der Waals surface area contributed by atoms with Gasteiger partial charge >= 0.3 is 5.97 Å². The van der Waals surface area contributed by atoms with E-state index in [-0.39, 0.29) is 5.97 Å². The molecule has 0 aromatic heterocycles. The highest BCUT2D eigenvalue weighted by Crippen LogP contribution is 2.03. The molecule has 13 heavy (non-hydrogen) atoms. The van der Waals surface area contributed by atoms with Crippen LogP contribution in [-0.2, 0) is 9.53 Å². The fraction of sp³-hybridized carbons (Fsp3) is 0.727. The topological polar surface area (TPSA) is 26.3 Å². The Morgan fingerprint density at radius 1 is 1.23 bits per heavy atom. The Morgan fingerprint density at radius 2 is 1.92 bits per heavy atom. The van der Waals surface area contributed by atoms with E-state index in [1.54, 1.807) is 0 Å². The second kappa shape index (κ2) is 9.30. The van der Waals surface area contributed by atoms with Crippen LogP contribution in [0.4, 0.5) is 0 Å². The lowest BCUT2D eigenvalue weighted by atomic mass is 10.1. The molecule has 0 saturated carbocycles. The number of carbonyl (C=O) groups excluding carboxylic acids is 1. The summed E-state index contributed by atoms with van der Waals surface area (Å²) in [5, 5.41) is 0. The third kappa shape index (κ3) is 11.2. The summed E-state index contributed by atoms with van der Waals surface area (Å²) in [7, 11) is 0. The summed E-state index contributed by atoms with van der Waals surface area (Å²) in [6.07, 6.45) is 10.1. The first kappa shape index (κ1) is 12.2. The monoisotopic (exact) mass is 184 g/mol. The van der Waals surface area contributed by atoms with E-state index in [1.165, 1.54) is 26.2 Å². The zero-order valence-corrected chi connectivity index (χ0v) is 8.71. The lowest BCUT2D eigenvalue weighted by Gasteiger charge is -2.00. The third-order valence-corrected chi connectivity index (χ3v) is 1.81. The number of allylic oxidation sites excluding steroid dienone is 2. The fourth-order valence-corrected chi connectivity index (χ4v) is 1.10. The molecule has 0 bridgehead atoms. The van der Waals surface area contributed by atoms with Crippen molar-refractivity contribution in [3.05, 3.63) is 12.2 Å². The number of unbranched alkanes of at least 4 members (excludes halogenated alkanes) is 4. The predicted molar refractivity (Wildman–Crippen MR) is 54.5 cm³/mol. The molecule has 0 amide bonds. The zero-order chi connectivity index (χ0) is 9.94. The van der Waals surface area contributed by atoms with Crippen molar-refractivity contribution in [3.63, 3.8) is 0 Å². The first-order valence-corrected chi connectivity index (χ1v) is 5.02. The molecule has 0 fully saturated rings. The Morgan fingerprint density at radius 3 is 2.54 bits per heavy atom. The first-order chi connectivity index (χ1) is 6.27. The summed E-state index contributed by atoms with van der Waals surface area (Å²) in [6, 6.07) is 0. The Bertz CT molecular complexity index is 150. The molecule has 2 nitrogen and oxygen atoms in total. The van der Waals surface area contributed by atoms with Gasteiger partial charge in [-0.1, -0.05) is 25.0 Å². The summed E-state index contributed by atoms with van der Waals surface area (Å²) < 4.78 is 4.82. The molecule has 0 aliphatic carbocycles. The van der Waals surface area contributed by atoms with E-state index in [9.17, 15) is 4.79 Å². The Hall–Kier alpha value is -0.790. The summed E-state index contributed by atoms with van der Waals surface area (Å²) in [5.74, 6) is -0.172. The maximum Gasteiger partial charge on any atom is 0.302 e. The average molecular weight is 184 g/mol. The molecule has 0 spiro atoms. The van der Waals surface area contributed by atoms with Crippen LogP contribution in [0.2, 0.25) is 0 Å². The van der Waals surface area contributed by atoms with Crippen molar-refractivity contribution < 1.29 is 9.53 Å². The van der Waals surface area contributed by atoms with E-state index in [4.69, 9.17) is 4.74 Å². The van der Waals surface area contributed by atoms with Gasteiger partial charge in [0.25, 0.3) is 0 Å². The highest BCUT2D eigenvalue weighted by Gasteiger charge is 1.92. The van der Waals surface area contributed by atoms with Gasteiger partial charge in [-0.3, -0.25) is 4.79 Å². The van der Waals surface area contributed by atoms with Gasteiger partial charge in [0.05, 0.1) is 6.61 Å². The summed E-state index contributed by atoms with van der Waals surface area (Å²) in [4.78, 5) is 10.4. The van der Waals surface area contributed by atoms with Crippen LogP contribution in [0.15, 0.2) is 12.2 Å². The predicted octanol–water partition coefficient (Wildman–Crippen LogP) is 3.08. The van der Waals surface area contributed by atoms with Gasteiger partial charge in [-0.05, 0) is 26.2 Å². The summed E-state index contributed by atoms with van der Waals surface area (Å²) >= 11 is 0. The van der Waals surface area contributed by atoms with Crippen LogP contribution >= 0.6 is 0 Å². The Labute approximate surface area is 81.0 Å². The van der Waals surface area contributed by atoms with E-state index in [2.05, 4.69) is 12.2 Å². The van der Waals surface area contributed by atoms with Gasteiger partial charge in [0.2, 0.25) is 0 Å². The van der Waals surface area contributed by atoms with E-state index in [0.717, 1.165) is 12.8 Å². The molecular weight excluding hydrogens is 164 g/mol. The van der Waals surface area contributed by atoms with Crippen molar-refractivity contribution in [1.82, 2.24) is 0 Å². The van der Waals surface area contributed by atoms with E-state index in [0.29, 0.717) is 6.61 Å². The van der Waals surface area contributed by atoms with Crippen LogP contribution in [0.1, 0.15) is 46.0 Å². The minimum Gasteiger partial charge on any atom is -0.466 e. The molecule has 0 radical (unpaired) electrons. The normalized spacial score (nSPS) is 10.6. The van der Waals surface area contributed by atoms with Gasteiger partial charge in [0, 0.05) is 6.92 Å². The standard InChI is InChI=1S/C11H20O2/c1-3-4-5-6-7-8-9-10-13-11(2)12/h3-4H,5-10H2,1-2H3/b4-3+. The van der Waals surface area contributed by atoms with Crippen LogP contribution < -0.4 is 0 Å². The summed E-state index contributed by atoms with van der Waals surface area (Å²) in [5.41, 5.74) is 0. The van der Waals surface area contributed by atoms with Gasteiger partial charge in [-0.15, -0.1) is 0 Å². The Balaban J connectivity index is 2.95. The lowest BCUT2D eigenvalue weighted by Crippen LogP contribution is -1.99. The van der Waals surface area contributed by atoms with E-state index < -0.39 is 0 Å². The lowest BCUT2D eigenvalue weighted by molar-refractivity contribution is -0.141. The molecule has 0 heterocycles. The van der Waals surface area contributed by atoms with Crippen molar-refractivity contribution in [2.24, 2.45) is 0 Å². The molecule has 0 rings (SSSR count). The molecule has 0 aliphatic heterocycles. The second-order valence-electron chi connectivity index (χ2n) is 3.11. The largest absolute Gasteiger partial charge is 0.466 e. The molecule has 0 saturated heterocycles. The third-order valence-electron chi connectivity index (χ3n) is 1.81. The molecule has 76 valence electrons. The molecule has 0 unspecified atom stereocenters. The average Bonchev–Trinajstić information content (AvgIpc) is 2.09. The van der Waals surface area contributed by atoms with Crippen molar-refractivity contribution in [3.8, 4) is 0 Å². The molecule has 0 aromatic carbocycles. The van der Waals surface area contributed by atoms with Crippen LogP contribution in [0, 0.1) is 0 Å². The van der Waals surface area contributed by atoms with E-state index in [1.807, 2.05) is 6.92 Å².